The topological polar surface area (TPSA) is 38.0 Å². The zero-order chi connectivity index (χ0) is 12.0. The van der Waals surface area contributed by atoms with Gasteiger partial charge >= 0.3 is 0 Å². The van der Waals surface area contributed by atoms with E-state index in [1.54, 1.807) is 0 Å². The molecule has 1 aromatic rings. The molecule has 0 amide bonds. The van der Waals surface area contributed by atoms with Crippen LogP contribution in [0, 0.1) is 5.41 Å². The summed E-state index contributed by atoms with van der Waals surface area (Å²) in [6.07, 6.45) is 1.19. The minimum Gasteiger partial charge on any atom is -0.326 e. The van der Waals surface area contributed by atoms with Gasteiger partial charge in [-0.3, -0.25) is 0 Å². The first-order valence-electron chi connectivity index (χ1n) is 6.06. The minimum absolute atomic E-state index is 0.373. The fourth-order valence-electron chi connectivity index (χ4n) is 1.59. The van der Waals surface area contributed by atoms with Crippen molar-refractivity contribution < 1.29 is 0 Å². The first kappa shape index (κ1) is 13.2. The molecule has 0 aliphatic rings. The highest BCUT2D eigenvalue weighted by molar-refractivity contribution is 5.26. The van der Waals surface area contributed by atoms with Crippen molar-refractivity contribution in [1.29, 1.82) is 0 Å². The van der Waals surface area contributed by atoms with Gasteiger partial charge in [-0.25, -0.2) is 0 Å². The summed E-state index contributed by atoms with van der Waals surface area (Å²) in [5.41, 5.74) is 8.64. The Kier molecular flexibility index (Phi) is 4.97. The van der Waals surface area contributed by atoms with Gasteiger partial charge in [0.05, 0.1) is 0 Å². The lowest BCUT2D eigenvalue weighted by molar-refractivity contribution is 0.327. The molecular formula is C14H24N2. The van der Waals surface area contributed by atoms with Crippen molar-refractivity contribution in [2.45, 2.75) is 40.3 Å². The van der Waals surface area contributed by atoms with Crippen LogP contribution in [0.3, 0.4) is 0 Å². The first-order chi connectivity index (χ1) is 7.59. The van der Waals surface area contributed by atoms with Crippen LogP contribution in [0.2, 0.25) is 0 Å². The van der Waals surface area contributed by atoms with Crippen molar-refractivity contribution in [3.8, 4) is 0 Å². The third-order valence-electron chi connectivity index (χ3n) is 3.21. The smallest absolute Gasteiger partial charge is 0.0208 e. The molecule has 0 aliphatic carbocycles. The van der Waals surface area contributed by atoms with E-state index in [4.69, 9.17) is 5.73 Å². The Bertz CT molecular complexity index is 318. The molecule has 1 aromatic carbocycles. The molecule has 90 valence electrons. The van der Waals surface area contributed by atoms with Gasteiger partial charge in [0.25, 0.3) is 0 Å². The normalized spacial score (nSPS) is 11.8. The molecule has 1 rings (SSSR count). The molecule has 0 heterocycles. The highest BCUT2D eigenvalue weighted by atomic mass is 14.9. The Morgan fingerprint density at radius 3 is 2.38 bits per heavy atom. The van der Waals surface area contributed by atoms with Crippen LogP contribution in [-0.4, -0.2) is 6.54 Å². The van der Waals surface area contributed by atoms with Gasteiger partial charge in [0, 0.05) is 19.6 Å². The average molecular weight is 220 g/mol. The van der Waals surface area contributed by atoms with E-state index in [2.05, 4.69) is 44.3 Å². The van der Waals surface area contributed by atoms with Crippen molar-refractivity contribution in [3.63, 3.8) is 0 Å². The molecule has 0 atom stereocenters. The number of hydrogen-bond donors (Lipinski definition) is 2. The molecule has 0 saturated heterocycles. The SMILES string of the molecule is CCC(C)(C)CNCc1ccccc1CN. The van der Waals surface area contributed by atoms with Crippen molar-refractivity contribution in [2.75, 3.05) is 6.54 Å². The van der Waals surface area contributed by atoms with Crippen LogP contribution in [0.4, 0.5) is 0 Å². The third-order valence-corrected chi connectivity index (χ3v) is 3.21. The van der Waals surface area contributed by atoms with E-state index in [1.165, 1.54) is 17.5 Å². The largest absolute Gasteiger partial charge is 0.326 e. The molecule has 0 fully saturated rings. The van der Waals surface area contributed by atoms with Crippen LogP contribution in [-0.2, 0) is 13.1 Å². The lowest BCUT2D eigenvalue weighted by atomic mass is 9.90. The Morgan fingerprint density at radius 2 is 1.81 bits per heavy atom. The second kappa shape index (κ2) is 6.02. The van der Waals surface area contributed by atoms with E-state index in [1.807, 2.05) is 6.07 Å². The predicted molar refractivity (Wildman–Crippen MR) is 70.1 cm³/mol. The maximum Gasteiger partial charge on any atom is 0.0208 e. The molecule has 0 spiro atoms. The summed E-state index contributed by atoms with van der Waals surface area (Å²) in [4.78, 5) is 0. The molecule has 0 aliphatic heterocycles. The van der Waals surface area contributed by atoms with Crippen molar-refractivity contribution in [1.82, 2.24) is 5.32 Å². The minimum atomic E-state index is 0.373. The molecule has 2 heteroatoms. The quantitative estimate of drug-likeness (QED) is 0.773. The van der Waals surface area contributed by atoms with Crippen LogP contribution < -0.4 is 11.1 Å². The molecule has 16 heavy (non-hydrogen) atoms. The lowest BCUT2D eigenvalue weighted by Crippen LogP contribution is -2.28. The average Bonchev–Trinajstić information content (AvgIpc) is 2.29. The van der Waals surface area contributed by atoms with Gasteiger partial charge in [0.15, 0.2) is 0 Å². The number of hydrogen-bond acceptors (Lipinski definition) is 2. The van der Waals surface area contributed by atoms with Gasteiger partial charge < -0.3 is 11.1 Å². The third kappa shape index (κ3) is 3.95. The molecule has 3 N–H and O–H groups in total. The van der Waals surface area contributed by atoms with Gasteiger partial charge in [-0.05, 0) is 23.0 Å². The summed E-state index contributed by atoms with van der Waals surface area (Å²) in [6.45, 7) is 9.38. The maximum atomic E-state index is 5.71. The Balaban J connectivity index is 2.49. The summed E-state index contributed by atoms with van der Waals surface area (Å²) in [7, 11) is 0. The summed E-state index contributed by atoms with van der Waals surface area (Å²) in [6, 6.07) is 8.36. The van der Waals surface area contributed by atoms with Crippen LogP contribution >= 0.6 is 0 Å². The molecule has 2 nitrogen and oxygen atoms in total. The van der Waals surface area contributed by atoms with E-state index >= 15 is 0 Å². The van der Waals surface area contributed by atoms with E-state index in [0.29, 0.717) is 12.0 Å². The Hall–Kier alpha value is -0.860. The van der Waals surface area contributed by atoms with Crippen molar-refractivity contribution in [2.24, 2.45) is 11.1 Å². The predicted octanol–water partition coefficient (Wildman–Crippen LogP) is 2.67. The maximum absolute atomic E-state index is 5.71. The summed E-state index contributed by atoms with van der Waals surface area (Å²) < 4.78 is 0. The van der Waals surface area contributed by atoms with E-state index in [9.17, 15) is 0 Å². The fourth-order valence-corrected chi connectivity index (χ4v) is 1.59. The number of benzene rings is 1. The Labute approximate surface area is 99.2 Å². The first-order valence-corrected chi connectivity index (χ1v) is 6.06. The van der Waals surface area contributed by atoms with Gasteiger partial charge in [0.1, 0.15) is 0 Å². The molecular weight excluding hydrogens is 196 g/mol. The van der Waals surface area contributed by atoms with Crippen molar-refractivity contribution in [3.05, 3.63) is 35.4 Å². The van der Waals surface area contributed by atoms with Gasteiger partial charge in [-0.1, -0.05) is 45.0 Å². The lowest BCUT2D eigenvalue weighted by Gasteiger charge is -2.23. The van der Waals surface area contributed by atoms with Gasteiger partial charge in [-0.2, -0.15) is 0 Å². The second-order valence-corrected chi connectivity index (χ2v) is 5.09. The van der Waals surface area contributed by atoms with Crippen LogP contribution in [0.1, 0.15) is 38.3 Å². The highest BCUT2D eigenvalue weighted by Crippen LogP contribution is 2.18. The number of nitrogens with one attached hydrogen (secondary N) is 1. The van der Waals surface area contributed by atoms with E-state index in [0.717, 1.165) is 13.1 Å². The molecule has 0 bridgehead atoms. The summed E-state index contributed by atoms with van der Waals surface area (Å²) >= 11 is 0. The van der Waals surface area contributed by atoms with Crippen LogP contribution in [0.15, 0.2) is 24.3 Å². The summed E-state index contributed by atoms with van der Waals surface area (Å²) in [5, 5.41) is 3.51. The van der Waals surface area contributed by atoms with E-state index in [-0.39, 0.29) is 0 Å². The Morgan fingerprint density at radius 1 is 1.19 bits per heavy atom. The van der Waals surface area contributed by atoms with Crippen LogP contribution in [0.5, 0.6) is 0 Å². The molecule has 0 radical (unpaired) electrons. The number of nitrogens with two attached hydrogens (primary N) is 1. The van der Waals surface area contributed by atoms with Gasteiger partial charge in [-0.15, -0.1) is 0 Å². The fraction of sp³-hybridized carbons (Fsp3) is 0.571. The zero-order valence-electron chi connectivity index (χ0n) is 10.7. The molecule has 0 unspecified atom stereocenters. The molecule has 0 aromatic heterocycles. The van der Waals surface area contributed by atoms with Crippen LogP contribution in [0.25, 0.3) is 0 Å². The van der Waals surface area contributed by atoms with Crippen molar-refractivity contribution >= 4 is 0 Å². The molecule has 0 saturated carbocycles. The van der Waals surface area contributed by atoms with Gasteiger partial charge in [0.2, 0.25) is 0 Å². The standard InChI is InChI=1S/C14H24N2/c1-4-14(2,3)11-16-10-13-8-6-5-7-12(13)9-15/h5-8,16H,4,9-11,15H2,1-3H3. The summed E-state index contributed by atoms with van der Waals surface area (Å²) in [5.74, 6) is 0. The number of rotatable bonds is 6. The monoisotopic (exact) mass is 220 g/mol. The zero-order valence-corrected chi connectivity index (χ0v) is 10.7. The highest BCUT2D eigenvalue weighted by Gasteiger charge is 2.13. The second-order valence-electron chi connectivity index (χ2n) is 5.09. The van der Waals surface area contributed by atoms with E-state index < -0.39 is 0 Å².